The molecule has 0 aliphatic carbocycles. The Bertz CT molecular complexity index is 903. The summed E-state index contributed by atoms with van der Waals surface area (Å²) in [7, 11) is 1.54. The van der Waals surface area contributed by atoms with E-state index in [1.165, 1.54) is 6.08 Å². The van der Waals surface area contributed by atoms with Crippen molar-refractivity contribution in [1.82, 2.24) is 10.9 Å². The molecule has 0 atom stereocenters. The Morgan fingerprint density at radius 2 is 1.86 bits per heavy atom. The van der Waals surface area contributed by atoms with Crippen molar-refractivity contribution in [1.29, 1.82) is 0 Å². The van der Waals surface area contributed by atoms with Crippen LogP contribution in [0.1, 0.15) is 27.0 Å². The van der Waals surface area contributed by atoms with Gasteiger partial charge in [0, 0.05) is 11.6 Å². The summed E-state index contributed by atoms with van der Waals surface area (Å²) < 4.78 is 10.8. The Morgan fingerprint density at radius 3 is 2.54 bits per heavy atom. The zero-order chi connectivity index (χ0) is 20.5. The van der Waals surface area contributed by atoms with Crippen molar-refractivity contribution in [2.75, 3.05) is 13.7 Å². The summed E-state index contributed by atoms with van der Waals surface area (Å²) in [6, 6.07) is 10.8. The number of methoxy groups -OCH3 is 1. The quantitative estimate of drug-likeness (QED) is 0.439. The summed E-state index contributed by atoms with van der Waals surface area (Å²) in [5.74, 6) is 0.311. The highest BCUT2D eigenvalue weighted by molar-refractivity contribution is 5.98. The first-order valence-electron chi connectivity index (χ1n) is 8.72. The van der Waals surface area contributed by atoms with Gasteiger partial charge in [0.15, 0.2) is 11.5 Å². The number of hydrogen-bond acceptors (Lipinski definition) is 4. The van der Waals surface area contributed by atoms with Crippen molar-refractivity contribution in [2.45, 2.75) is 13.8 Å². The fourth-order valence-corrected chi connectivity index (χ4v) is 2.52. The number of hydrogen-bond donors (Lipinski definition) is 2. The van der Waals surface area contributed by atoms with Gasteiger partial charge >= 0.3 is 0 Å². The summed E-state index contributed by atoms with van der Waals surface area (Å²) in [5, 5.41) is 0. The third-order valence-electron chi connectivity index (χ3n) is 3.90. The highest BCUT2D eigenvalue weighted by atomic mass is 16.5. The average molecular weight is 380 g/mol. The van der Waals surface area contributed by atoms with Crippen molar-refractivity contribution in [3.05, 3.63) is 77.4 Å². The van der Waals surface area contributed by atoms with Gasteiger partial charge in [-0.3, -0.25) is 20.4 Å². The van der Waals surface area contributed by atoms with Crippen molar-refractivity contribution >= 4 is 17.9 Å². The molecule has 28 heavy (non-hydrogen) atoms. The van der Waals surface area contributed by atoms with Crippen LogP contribution < -0.4 is 20.3 Å². The first-order valence-corrected chi connectivity index (χ1v) is 8.72. The number of carbonyl (C=O) groups is 2. The van der Waals surface area contributed by atoms with Gasteiger partial charge in [0.2, 0.25) is 0 Å². The van der Waals surface area contributed by atoms with E-state index in [1.807, 2.05) is 26.0 Å². The monoisotopic (exact) mass is 380 g/mol. The Hall–Kier alpha value is -3.54. The van der Waals surface area contributed by atoms with Crippen LogP contribution in [0.3, 0.4) is 0 Å². The largest absolute Gasteiger partial charge is 0.493 e. The van der Waals surface area contributed by atoms with Crippen LogP contribution in [0.25, 0.3) is 6.08 Å². The molecular weight excluding hydrogens is 356 g/mol. The highest BCUT2D eigenvalue weighted by Crippen LogP contribution is 2.28. The molecule has 0 saturated carbocycles. The Balaban J connectivity index is 1.96. The van der Waals surface area contributed by atoms with Crippen molar-refractivity contribution < 1.29 is 19.1 Å². The van der Waals surface area contributed by atoms with E-state index < -0.39 is 5.91 Å². The average Bonchev–Trinajstić information content (AvgIpc) is 2.69. The van der Waals surface area contributed by atoms with Crippen LogP contribution in [-0.4, -0.2) is 25.5 Å². The molecular formula is C22H24N2O4. The molecule has 2 amide bonds. The minimum absolute atomic E-state index is 0.369. The van der Waals surface area contributed by atoms with Crippen LogP contribution in [0.2, 0.25) is 0 Å². The van der Waals surface area contributed by atoms with Gasteiger partial charge in [0.25, 0.3) is 11.8 Å². The molecule has 0 spiro atoms. The third kappa shape index (κ3) is 5.74. The van der Waals surface area contributed by atoms with Gasteiger partial charge in [-0.2, -0.15) is 0 Å². The molecule has 6 heteroatoms. The fourth-order valence-electron chi connectivity index (χ4n) is 2.52. The van der Waals surface area contributed by atoms with E-state index in [4.69, 9.17) is 9.47 Å². The Morgan fingerprint density at radius 1 is 1.07 bits per heavy atom. The lowest BCUT2D eigenvalue weighted by Gasteiger charge is -2.10. The molecule has 2 N–H and O–H groups in total. The van der Waals surface area contributed by atoms with E-state index in [9.17, 15) is 9.59 Å². The molecule has 146 valence electrons. The minimum atomic E-state index is -0.455. The second kappa shape index (κ2) is 9.97. The molecule has 0 fully saturated rings. The zero-order valence-corrected chi connectivity index (χ0v) is 16.2. The fraction of sp³-hybridized carbons (Fsp3) is 0.182. The normalized spacial score (nSPS) is 10.4. The van der Waals surface area contributed by atoms with E-state index in [-0.39, 0.29) is 5.91 Å². The van der Waals surface area contributed by atoms with E-state index in [2.05, 4.69) is 17.4 Å². The SMILES string of the molecule is C=CCOc1ccc(/C=C/C(=O)NNC(=O)c2ccc(C)cc2C)cc1OC. The Kier molecular flexibility index (Phi) is 7.39. The lowest BCUT2D eigenvalue weighted by atomic mass is 10.1. The number of aryl methyl sites for hydroxylation is 2. The van der Waals surface area contributed by atoms with Crippen LogP contribution in [0, 0.1) is 13.8 Å². The lowest BCUT2D eigenvalue weighted by Crippen LogP contribution is -2.41. The minimum Gasteiger partial charge on any atom is -0.493 e. The third-order valence-corrected chi connectivity index (χ3v) is 3.90. The van der Waals surface area contributed by atoms with Gasteiger partial charge < -0.3 is 9.47 Å². The lowest BCUT2D eigenvalue weighted by molar-refractivity contribution is -0.117. The molecule has 2 aromatic rings. The van der Waals surface area contributed by atoms with Gasteiger partial charge in [0.05, 0.1) is 7.11 Å². The first-order chi connectivity index (χ1) is 13.4. The van der Waals surface area contributed by atoms with Crippen LogP contribution in [0.5, 0.6) is 11.5 Å². The van der Waals surface area contributed by atoms with Gasteiger partial charge in [-0.1, -0.05) is 36.4 Å². The van der Waals surface area contributed by atoms with E-state index >= 15 is 0 Å². The summed E-state index contributed by atoms with van der Waals surface area (Å²) in [6.45, 7) is 7.77. The maximum absolute atomic E-state index is 12.2. The standard InChI is InChI=1S/C22H24N2O4/c1-5-12-28-19-10-7-17(14-20(19)27-4)8-11-21(25)23-24-22(26)18-9-6-15(2)13-16(18)3/h5-11,13-14H,1,12H2,2-4H3,(H,23,25)(H,24,26)/b11-8+. The first kappa shape index (κ1) is 20.8. The summed E-state index contributed by atoms with van der Waals surface area (Å²) in [6.07, 6.45) is 4.57. The van der Waals surface area contributed by atoms with Gasteiger partial charge in [0.1, 0.15) is 6.61 Å². The molecule has 0 radical (unpaired) electrons. The summed E-state index contributed by atoms with van der Waals surface area (Å²) in [4.78, 5) is 24.1. The van der Waals surface area contributed by atoms with Crippen LogP contribution >= 0.6 is 0 Å². The molecule has 0 heterocycles. The smallest absolute Gasteiger partial charge is 0.269 e. The van der Waals surface area contributed by atoms with E-state index in [0.717, 1.165) is 16.7 Å². The highest BCUT2D eigenvalue weighted by Gasteiger charge is 2.09. The molecule has 0 unspecified atom stereocenters. The molecule has 0 saturated heterocycles. The van der Waals surface area contributed by atoms with Gasteiger partial charge in [-0.15, -0.1) is 0 Å². The molecule has 0 aliphatic rings. The summed E-state index contributed by atoms with van der Waals surface area (Å²) in [5.41, 5.74) is 7.94. The molecule has 0 bridgehead atoms. The Labute approximate surface area is 164 Å². The number of amides is 2. The molecule has 2 aromatic carbocycles. The molecule has 0 aromatic heterocycles. The van der Waals surface area contributed by atoms with Crippen LogP contribution in [0.15, 0.2) is 55.1 Å². The second-order valence-electron chi connectivity index (χ2n) is 6.11. The number of benzene rings is 2. The van der Waals surface area contributed by atoms with Crippen molar-refractivity contribution in [3.8, 4) is 11.5 Å². The molecule has 6 nitrogen and oxygen atoms in total. The zero-order valence-electron chi connectivity index (χ0n) is 16.2. The molecule has 0 aliphatic heterocycles. The number of nitrogens with one attached hydrogen (secondary N) is 2. The van der Waals surface area contributed by atoms with Crippen molar-refractivity contribution in [3.63, 3.8) is 0 Å². The van der Waals surface area contributed by atoms with Crippen molar-refractivity contribution in [2.24, 2.45) is 0 Å². The number of rotatable bonds is 7. The van der Waals surface area contributed by atoms with Gasteiger partial charge in [-0.25, -0.2) is 0 Å². The predicted molar refractivity (Wildman–Crippen MR) is 109 cm³/mol. The number of carbonyl (C=O) groups excluding carboxylic acids is 2. The number of ether oxygens (including phenoxy) is 2. The van der Waals surface area contributed by atoms with Crippen LogP contribution in [-0.2, 0) is 4.79 Å². The predicted octanol–water partition coefficient (Wildman–Crippen LogP) is 3.35. The number of hydrazine groups is 1. The maximum Gasteiger partial charge on any atom is 0.269 e. The second-order valence-corrected chi connectivity index (χ2v) is 6.11. The summed E-state index contributed by atoms with van der Waals surface area (Å²) >= 11 is 0. The van der Waals surface area contributed by atoms with E-state index in [0.29, 0.717) is 23.7 Å². The van der Waals surface area contributed by atoms with Crippen LogP contribution in [0.4, 0.5) is 0 Å². The van der Waals surface area contributed by atoms with E-state index in [1.54, 1.807) is 43.5 Å². The maximum atomic E-state index is 12.2. The topological polar surface area (TPSA) is 76.7 Å². The van der Waals surface area contributed by atoms with Gasteiger partial charge in [-0.05, 0) is 49.2 Å². The molecule has 2 rings (SSSR count).